The van der Waals surface area contributed by atoms with Crippen LogP contribution in [0, 0.1) is 0 Å². The highest BCUT2D eigenvalue weighted by Gasteiger charge is 2.30. The van der Waals surface area contributed by atoms with Crippen LogP contribution in [-0.4, -0.2) is 24.9 Å². The molecule has 1 aliphatic rings. The quantitative estimate of drug-likeness (QED) is 0.790. The number of likely N-dealkylation sites (N-methyl/N-ethyl adjacent to an activating group) is 1. The Morgan fingerprint density at radius 3 is 2.84 bits per heavy atom. The Bertz CT molecular complexity index is 598. The summed E-state index contributed by atoms with van der Waals surface area (Å²) in [5.74, 6) is 2.12. The van der Waals surface area contributed by atoms with Crippen LogP contribution >= 0.6 is 0 Å². The number of ether oxygens (including phenoxy) is 1. The zero-order valence-electron chi connectivity index (χ0n) is 10.6. The van der Waals surface area contributed by atoms with E-state index in [0.717, 1.165) is 23.4 Å². The van der Waals surface area contributed by atoms with Crippen LogP contribution in [0.15, 0.2) is 42.6 Å². The van der Waals surface area contributed by atoms with Gasteiger partial charge >= 0.3 is 0 Å². The number of fused-ring (bicyclic) bond motifs is 1. The van der Waals surface area contributed by atoms with Crippen LogP contribution in [0.25, 0.3) is 0 Å². The van der Waals surface area contributed by atoms with E-state index in [4.69, 9.17) is 4.74 Å². The van der Waals surface area contributed by atoms with E-state index in [1.165, 1.54) is 0 Å². The Kier molecular flexibility index (Phi) is 2.91. The van der Waals surface area contributed by atoms with Gasteiger partial charge in [-0.2, -0.15) is 0 Å². The molecule has 0 N–H and O–H groups in total. The molecule has 1 aromatic carbocycles. The minimum absolute atomic E-state index is 0.174. The molecule has 19 heavy (non-hydrogen) atoms. The van der Waals surface area contributed by atoms with Crippen molar-refractivity contribution < 1.29 is 9.53 Å². The monoisotopic (exact) mass is 254 g/mol. The molecule has 0 spiro atoms. The predicted molar refractivity (Wildman–Crippen MR) is 72.8 cm³/mol. The van der Waals surface area contributed by atoms with Gasteiger partial charge < -0.3 is 14.4 Å². The van der Waals surface area contributed by atoms with Crippen molar-refractivity contribution in [1.82, 2.24) is 4.98 Å². The van der Waals surface area contributed by atoms with Gasteiger partial charge in [-0.25, -0.2) is 4.98 Å². The second-order valence-corrected chi connectivity index (χ2v) is 4.58. The Hall–Kier alpha value is -2.36. The van der Waals surface area contributed by atoms with Gasteiger partial charge in [0.2, 0.25) is 0 Å². The second kappa shape index (κ2) is 4.72. The number of pyridine rings is 1. The van der Waals surface area contributed by atoms with Crippen molar-refractivity contribution in [3.8, 4) is 11.5 Å². The highest BCUT2D eigenvalue weighted by molar-refractivity contribution is 5.75. The fourth-order valence-electron chi connectivity index (χ4n) is 2.39. The average Bonchev–Trinajstić information content (AvgIpc) is 2.78. The third-order valence-electron chi connectivity index (χ3n) is 3.27. The fourth-order valence-corrected chi connectivity index (χ4v) is 2.39. The average molecular weight is 254 g/mol. The molecule has 96 valence electrons. The normalized spacial score (nSPS) is 17.1. The van der Waals surface area contributed by atoms with E-state index in [9.17, 15) is 4.79 Å². The number of hydrogen-bond donors (Lipinski definition) is 0. The van der Waals surface area contributed by atoms with E-state index in [1.54, 1.807) is 6.20 Å². The number of anilines is 1. The minimum Gasteiger partial charge on any atom is -0.457 e. The number of aromatic nitrogens is 1. The number of nitrogens with zero attached hydrogens (tertiary/aromatic N) is 2. The number of hydrogen-bond acceptors (Lipinski definition) is 4. The van der Waals surface area contributed by atoms with Crippen LogP contribution in [0.5, 0.6) is 11.5 Å². The zero-order valence-corrected chi connectivity index (χ0v) is 10.6. The van der Waals surface area contributed by atoms with Gasteiger partial charge in [-0.05, 0) is 18.2 Å². The van der Waals surface area contributed by atoms with Crippen LogP contribution in [0.1, 0.15) is 11.5 Å². The first kappa shape index (κ1) is 11.7. The van der Waals surface area contributed by atoms with Crippen molar-refractivity contribution in [3.63, 3.8) is 0 Å². The van der Waals surface area contributed by atoms with E-state index in [1.807, 2.05) is 48.3 Å². The van der Waals surface area contributed by atoms with Crippen LogP contribution in [0.2, 0.25) is 0 Å². The predicted octanol–water partition coefficient (Wildman–Crippen LogP) is 2.61. The molecule has 1 aliphatic heterocycles. The maximum Gasteiger partial charge on any atom is 0.136 e. The molecule has 0 saturated heterocycles. The molecular weight excluding hydrogens is 240 g/mol. The number of aldehydes is 1. The summed E-state index contributed by atoms with van der Waals surface area (Å²) in [7, 11) is 1.93. The van der Waals surface area contributed by atoms with Gasteiger partial charge in [-0.3, -0.25) is 0 Å². The summed E-state index contributed by atoms with van der Waals surface area (Å²) >= 11 is 0. The summed E-state index contributed by atoms with van der Waals surface area (Å²) in [6, 6.07) is 11.4. The van der Waals surface area contributed by atoms with Crippen molar-refractivity contribution in [1.29, 1.82) is 0 Å². The van der Waals surface area contributed by atoms with E-state index in [2.05, 4.69) is 4.98 Å². The van der Waals surface area contributed by atoms with Gasteiger partial charge in [-0.1, -0.05) is 18.2 Å². The first-order valence-electron chi connectivity index (χ1n) is 6.18. The van der Waals surface area contributed by atoms with Crippen LogP contribution < -0.4 is 9.64 Å². The first-order valence-corrected chi connectivity index (χ1v) is 6.18. The maximum absolute atomic E-state index is 11.2. The molecule has 0 radical (unpaired) electrons. The molecule has 2 aromatic rings. The van der Waals surface area contributed by atoms with E-state index >= 15 is 0 Å². The number of carbonyl (C=O) groups is 1. The number of para-hydroxylation sites is 1. The maximum atomic E-state index is 11.2. The topological polar surface area (TPSA) is 42.4 Å². The van der Waals surface area contributed by atoms with Gasteiger partial charge in [0.1, 0.15) is 23.6 Å². The number of carbonyl (C=O) groups excluding carboxylic acids is 1. The van der Waals surface area contributed by atoms with Crippen LogP contribution in [0.3, 0.4) is 0 Å². The summed E-state index contributed by atoms with van der Waals surface area (Å²) in [6.07, 6.45) is 2.67. The van der Waals surface area contributed by atoms with E-state index in [0.29, 0.717) is 12.3 Å². The van der Waals surface area contributed by atoms with Gasteiger partial charge in [0.25, 0.3) is 0 Å². The van der Waals surface area contributed by atoms with Crippen molar-refractivity contribution in [2.75, 3.05) is 18.5 Å². The lowest BCUT2D eigenvalue weighted by molar-refractivity contribution is -0.108. The van der Waals surface area contributed by atoms with Crippen molar-refractivity contribution in [3.05, 3.63) is 48.2 Å². The SMILES string of the molecule is CN1CC(C=O)c2c(Oc3ccccc3)ccnc21. The van der Waals surface area contributed by atoms with Crippen LogP contribution in [0.4, 0.5) is 5.82 Å². The Morgan fingerprint density at radius 1 is 1.32 bits per heavy atom. The van der Waals surface area contributed by atoms with E-state index < -0.39 is 0 Å². The Labute approximate surface area is 111 Å². The molecule has 2 heterocycles. The summed E-state index contributed by atoms with van der Waals surface area (Å²) in [6.45, 7) is 0.654. The third kappa shape index (κ3) is 2.05. The minimum atomic E-state index is -0.174. The summed E-state index contributed by atoms with van der Waals surface area (Å²) in [5.41, 5.74) is 0.879. The lowest BCUT2D eigenvalue weighted by Crippen LogP contribution is -2.16. The molecule has 1 aromatic heterocycles. The first-order chi connectivity index (χ1) is 9.29. The summed E-state index contributed by atoms with van der Waals surface area (Å²) in [5, 5.41) is 0. The molecule has 0 amide bonds. The molecule has 0 saturated carbocycles. The largest absolute Gasteiger partial charge is 0.457 e. The van der Waals surface area contributed by atoms with Gasteiger partial charge in [0, 0.05) is 25.4 Å². The van der Waals surface area contributed by atoms with Gasteiger partial charge in [0.15, 0.2) is 0 Å². The number of rotatable bonds is 3. The van der Waals surface area contributed by atoms with Gasteiger partial charge in [0.05, 0.1) is 5.92 Å². The summed E-state index contributed by atoms with van der Waals surface area (Å²) in [4.78, 5) is 17.5. The third-order valence-corrected chi connectivity index (χ3v) is 3.27. The lowest BCUT2D eigenvalue weighted by Gasteiger charge is -2.12. The molecule has 3 rings (SSSR count). The van der Waals surface area contributed by atoms with Crippen LogP contribution in [-0.2, 0) is 4.79 Å². The Balaban J connectivity index is 2.02. The fraction of sp³-hybridized carbons (Fsp3) is 0.200. The zero-order chi connectivity index (χ0) is 13.2. The van der Waals surface area contributed by atoms with E-state index in [-0.39, 0.29) is 5.92 Å². The number of benzene rings is 1. The molecular formula is C15H14N2O2. The van der Waals surface area contributed by atoms with Crippen molar-refractivity contribution in [2.45, 2.75) is 5.92 Å². The smallest absolute Gasteiger partial charge is 0.136 e. The molecule has 0 fully saturated rings. The Morgan fingerprint density at radius 2 is 2.11 bits per heavy atom. The molecule has 1 unspecified atom stereocenters. The summed E-state index contributed by atoms with van der Waals surface area (Å²) < 4.78 is 5.88. The molecule has 0 bridgehead atoms. The highest BCUT2D eigenvalue weighted by atomic mass is 16.5. The second-order valence-electron chi connectivity index (χ2n) is 4.58. The van der Waals surface area contributed by atoms with Crippen molar-refractivity contribution in [2.24, 2.45) is 0 Å². The molecule has 4 nitrogen and oxygen atoms in total. The van der Waals surface area contributed by atoms with Crippen molar-refractivity contribution >= 4 is 12.1 Å². The molecule has 1 atom stereocenters. The molecule has 4 heteroatoms. The van der Waals surface area contributed by atoms with Gasteiger partial charge in [-0.15, -0.1) is 0 Å². The molecule has 0 aliphatic carbocycles. The standard InChI is InChI=1S/C15H14N2O2/c1-17-9-11(10-18)14-13(7-8-16-15(14)17)19-12-5-3-2-4-6-12/h2-8,10-11H,9H2,1H3. The lowest BCUT2D eigenvalue weighted by atomic mass is 10.0. The highest BCUT2D eigenvalue weighted by Crippen LogP contribution is 2.40.